The quantitative estimate of drug-likeness (QED) is 0.710. The zero-order valence-electron chi connectivity index (χ0n) is 13.3. The summed E-state index contributed by atoms with van der Waals surface area (Å²) in [5.74, 6) is 0.755. The van der Waals surface area contributed by atoms with Gasteiger partial charge in [0.15, 0.2) is 6.10 Å². The summed E-state index contributed by atoms with van der Waals surface area (Å²) >= 11 is 0. The van der Waals surface area contributed by atoms with Gasteiger partial charge < -0.3 is 20.5 Å². The molecule has 2 amide bonds. The molecule has 5 nitrogen and oxygen atoms in total. The number of aliphatic hydroxyl groups is 1. The summed E-state index contributed by atoms with van der Waals surface area (Å²) < 4.78 is 41.8. The Morgan fingerprint density at radius 1 is 1.33 bits per heavy atom. The van der Waals surface area contributed by atoms with Gasteiger partial charge in [0.25, 0.3) is 0 Å². The molecule has 1 fully saturated rings. The second kappa shape index (κ2) is 7.29. The molecule has 0 saturated heterocycles. The maximum absolute atomic E-state index is 12.2. The number of aliphatic hydroxyl groups excluding tert-OH is 1. The number of carbonyl (C=O) groups is 1. The average Bonchev–Trinajstić information content (AvgIpc) is 3.33. The van der Waals surface area contributed by atoms with Crippen LogP contribution in [0.2, 0.25) is 0 Å². The van der Waals surface area contributed by atoms with Crippen molar-refractivity contribution in [2.75, 3.05) is 20.2 Å². The molecule has 3 N–H and O–H groups in total. The van der Waals surface area contributed by atoms with E-state index in [0.29, 0.717) is 6.54 Å². The Bertz CT molecular complexity index is 574. The van der Waals surface area contributed by atoms with E-state index < -0.39 is 24.7 Å². The van der Waals surface area contributed by atoms with Crippen molar-refractivity contribution in [3.63, 3.8) is 0 Å². The lowest BCUT2D eigenvalue weighted by molar-refractivity contribution is -0.204. The third kappa shape index (κ3) is 4.53. The number of rotatable bonds is 7. The third-order valence-electron chi connectivity index (χ3n) is 4.20. The number of carbonyl (C=O) groups excluding carboxylic acids is 1. The number of methoxy groups -OCH3 is 1. The number of hydrogen-bond acceptors (Lipinski definition) is 3. The molecule has 0 aliphatic heterocycles. The summed E-state index contributed by atoms with van der Waals surface area (Å²) in [5.41, 5.74) is 0.829. The molecule has 1 atom stereocenters. The predicted octanol–water partition coefficient (Wildman–Crippen LogP) is 2.34. The fraction of sp³-hybridized carbons (Fsp3) is 0.562. The van der Waals surface area contributed by atoms with Crippen molar-refractivity contribution >= 4 is 6.03 Å². The van der Waals surface area contributed by atoms with Crippen molar-refractivity contribution in [3.05, 3.63) is 29.8 Å². The predicted molar refractivity (Wildman–Crippen MR) is 82.0 cm³/mol. The molecule has 0 unspecified atom stereocenters. The first-order chi connectivity index (χ1) is 11.3. The Kier molecular flexibility index (Phi) is 5.58. The van der Waals surface area contributed by atoms with Gasteiger partial charge >= 0.3 is 12.2 Å². The molecule has 134 valence electrons. The molecule has 1 saturated carbocycles. The van der Waals surface area contributed by atoms with Gasteiger partial charge in [-0.3, -0.25) is 0 Å². The number of alkyl halides is 3. The molecule has 2 rings (SSSR count). The van der Waals surface area contributed by atoms with E-state index in [9.17, 15) is 18.0 Å². The summed E-state index contributed by atoms with van der Waals surface area (Å²) in [6.07, 6.45) is -5.86. The number of ether oxygens (including phenoxy) is 1. The largest absolute Gasteiger partial charge is 0.496 e. The maximum Gasteiger partial charge on any atom is 0.414 e. The normalized spacial score (nSPS) is 17.0. The number of para-hydroxylation sites is 1. The zero-order valence-corrected chi connectivity index (χ0v) is 13.3. The van der Waals surface area contributed by atoms with Crippen molar-refractivity contribution in [3.8, 4) is 5.75 Å². The highest BCUT2D eigenvalue weighted by molar-refractivity contribution is 5.74. The van der Waals surface area contributed by atoms with Gasteiger partial charge in [0.05, 0.1) is 7.11 Å². The Balaban J connectivity index is 1.80. The van der Waals surface area contributed by atoms with Crippen LogP contribution in [0.5, 0.6) is 5.75 Å². The third-order valence-corrected chi connectivity index (χ3v) is 4.20. The van der Waals surface area contributed by atoms with Gasteiger partial charge in [0, 0.05) is 24.1 Å². The van der Waals surface area contributed by atoms with Crippen LogP contribution < -0.4 is 15.4 Å². The number of halogens is 3. The van der Waals surface area contributed by atoms with Gasteiger partial charge in [0.2, 0.25) is 0 Å². The lowest BCUT2D eigenvalue weighted by Crippen LogP contribution is -2.41. The second-order valence-corrected chi connectivity index (χ2v) is 5.94. The monoisotopic (exact) mass is 346 g/mol. The van der Waals surface area contributed by atoms with Crippen LogP contribution in [0.4, 0.5) is 18.0 Å². The minimum Gasteiger partial charge on any atom is -0.496 e. The highest BCUT2D eigenvalue weighted by Crippen LogP contribution is 2.50. The van der Waals surface area contributed by atoms with Crippen LogP contribution in [0.1, 0.15) is 24.8 Å². The molecule has 1 aliphatic rings. The number of urea groups is 1. The number of amides is 2. The summed E-state index contributed by atoms with van der Waals surface area (Å²) in [6.45, 7) is 0.120. The topological polar surface area (TPSA) is 70.6 Å². The molecule has 0 heterocycles. The van der Waals surface area contributed by atoms with Gasteiger partial charge in [-0.15, -0.1) is 0 Å². The Hall–Kier alpha value is -1.96. The second-order valence-electron chi connectivity index (χ2n) is 5.94. The van der Waals surface area contributed by atoms with E-state index in [2.05, 4.69) is 10.6 Å². The lowest BCUT2D eigenvalue weighted by Gasteiger charge is -2.20. The van der Waals surface area contributed by atoms with Crippen LogP contribution in [-0.4, -0.2) is 43.6 Å². The van der Waals surface area contributed by atoms with E-state index in [0.717, 1.165) is 24.2 Å². The van der Waals surface area contributed by atoms with E-state index in [1.807, 2.05) is 24.3 Å². The van der Waals surface area contributed by atoms with Crippen molar-refractivity contribution < 1.29 is 27.8 Å². The molecule has 0 spiro atoms. The Morgan fingerprint density at radius 2 is 2.00 bits per heavy atom. The number of hydrogen-bond donors (Lipinski definition) is 3. The van der Waals surface area contributed by atoms with Crippen molar-refractivity contribution in [1.29, 1.82) is 0 Å². The van der Waals surface area contributed by atoms with E-state index in [-0.39, 0.29) is 12.0 Å². The van der Waals surface area contributed by atoms with Gasteiger partial charge in [-0.05, 0) is 25.3 Å². The standard InChI is InChI=1S/C16H21F3N2O3/c1-24-12-5-3-2-4-11(12)15(7-8-15)10-21-14(23)20-9-6-13(22)16(17,18)19/h2-5,13,22H,6-10H2,1H3,(H2,20,21,23)/t13-/m0/s1. The average molecular weight is 346 g/mol. The maximum atomic E-state index is 12.2. The van der Waals surface area contributed by atoms with Gasteiger partial charge in [-0.1, -0.05) is 18.2 Å². The van der Waals surface area contributed by atoms with Crippen LogP contribution in [0, 0.1) is 0 Å². The molecule has 0 bridgehead atoms. The van der Waals surface area contributed by atoms with E-state index in [4.69, 9.17) is 9.84 Å². The number of nitrogens with one attached hydrogen (secondary N) is 2. The minimum atomic E-state index is -4.67. The van der Waals surface area contributed by atoms with Crippen LogP contribution in [0.25, 0.3) is 0 Å². The molecule has 1 aromatic carbocycles. The molecular formula is C16H21F3N2O3. The summed E-state index contributed by atoms with van der Waals surface area (Å²) in [4.78, 5) is 11.7. The highest BCUT2D eigenvalue weighted by atomic mass is 19.4. The van der Waals surface area contributed by atoms with Crippen molar-refractivity contribution in [2.45, 2.75) is 37.0 Å². The SMILES string of the molecule is COc1ccccc1C1(CNC(=O)NCC[C@H](O)C(F)(F)F)CC1. The first kappa shape index (κ1) is 18.4. The minimum absolute atomic E-state index is 0.185. The molecule has 24 heavy (non-hydrogen) atoms. The first-order valence-electron chi connectivity index (χ1n) is 7.68. The molecule has 8 heteroatoms. The summed E-state index contributed by atoms with van der Waals surface area (Å²) in [5, 5.41) is 13.9. The molecule has 0 aromatic heterocycles. The van der Waals surface area contributed by atoms with Crippen LogP contribution in [0.15, 0.2) is 24.3 Å². The first-order valence-corrected chi connectivity index (χ1v) is 7.68. The number of benzene rings is 1. The molecule has 0 radical (unpaired) electrons. The zero-order chi connectivity index (χ0) is 17.8. The van der Waals surface area contributed by atoms with Crippen LogP contribution in [0.3, 0.4) is 0 Å². The van der Waals surface area contributed by atoms with Crippen LogP contribution in [-0.2, 0) is 5.41 Å². The molecule has 1 aromatic rings. The fourth-order valence-electron chi connectivity index (χ4n) is 2.57. The van der Waals surface area contributed by atoms with E-state index >= 15 is 0 Å². The highest BCUT2D eigenvalue weighted by Gasteiger charge is 2.46. The van der Waals surface area contributed by atoms with Gasteiger partial charge in [0.1, 0.15) is 5.75 Å². The van der Waals surface area contributed by atoms with Crippen LogP contribution >= 0.6 is 0 Å². The fourth-order valence-corrected chi connectivity index (χ4v) is 2.57. The van der Waals surface area contributed by atoms with Crippen molar-refractivity contribution in [1.82, 2.24) is 10.6 Å². The molecular weight excluding hydrogens is 325 g/mol. The van der Waals surface area contributed by atoms with E-state index in [1.54, 1.807) is 7.11 Å². The Labute approximate surface area is 138 Å². The summed E-state index contributed by atoms with van der Waals surface area (Å²) in [6, 6.07) is 7.02. The Morgan fingerprint density at radius 3 is 2.58 bits per heavy atom. The summed E-state index contributed by atoms with van der Waals surface area (Å²) in [7, 11) is 1.58. The van der Waals surface area contributed by atoms with Crippen molar-refractivity contribution in [2.24, 2.45) is 0 Å². The molecule has 1 aliphatic carbocycles. The van der Waals surface area contributed by atoms with Gasteiger partial charge in [-0.2, -0.15) is 13.2 Å². The smallest absolute Gasteiger partial charge is 0.414 e. The van der Waals surface area contributed by atoms with E-state index in [1.165, 1.54) is 0 Å². The van der Waals surface area contributed by atoms with Gasteiger partial charge in [-0.25, -0.2) is 4.79 Å². The lowest BCUT2D eigenvalue weighted by atomic mass is 9.95.